The third-order valence-electron chi connectivity index (χ3n) is 1.72. The van der Waals surface area contributed by atoms with Crippen molar-refractivity contribution in [1.82, 2.24) is 20.1 Å². The van der Waals surface area contributed by atoms with E-state index in [4.69, 9.17) is 4.52 Å². The second-order valence-electron chi connectivity index (χ2n) is 4.39. The van der Waals surface area contributed by atoms with E-state index < -0.39 is 0 Å². The fourth-order valence-electron chi connectivity index (χ4n) is 1.12. The molecule has 0 saturated carbocycles. The van der Waals surface area contributed by atoms with Gasteiger partial charge in [-0.05, 0) is 26.8 Å². The largest absolute Gasteiger partial charge is 0.333 e. The van der Waals surface area contributed by atoms with Crippen LogP contribution in [0.5, 0.6) is 0 Å². The minimum absolute atomic E-state index is 0.116. The number of hydrogen-bond acceptors (Lipinski definition) is 6. The molecule has 0 saturated heterocycles. The van der Waals surface area contributed by atoms with Gasteiger partial charge in [-0.3, -0.25) is 0 Å². The van der Waals surface area contributed by atoms with Crippen LogP contribution in [0.3, 0.4) is 0 Å². The number of rotatable bonds is 2. The van der Waals surface area contributed by atoms with E-state index in [2.05, 4.69) is 25.4 Å². The highest BCUT2D eigenvalue weighted by Gasteiger charge is 2.15. The van der Waals surface area contributed by atoms with E-state index in [1.54, 1.807) is 12.3 Å². The predicted molar refractivity (Wildman–Crippen MR) is 58.7 cm³/mol. The molecule has 0 unspecified atom stereocenters. The number of nitrogens with zero attached hydrogens (tertiary/aromatic N) is 4. The Morgan fingerprint density at radius 2 is 2.12 bits per heavy atom. The van der Waals surface area contributed by atoms with Crippen LogP contribution in [0.4, 0.5) is 6.01 Å². The molecule has 0 aliphatic carbocycles. The molecule has 0 fully saturated rings. The maximum atomic E-state index is 5.06. The van der Waals surface area contributed by atoms with Crippen molar-refractivity contribution in [3.05, 3.63) is 18.6 Å². The lowest BCUT2D eigenvalue weighted by Crippen LogP contribution is -2.26. The van der Waals surface area contributed by atoms with E-state index in [-0.39, 0.29) is 5.54 Å². The predicted octanol–water partition coefficient (Wildman–Crippen LogP) is 1.74. The summed E-state index contributed by atoms with van der Waals surface area (Å²) in [6.07, 6.45) is 3.08. The topological polar surface area (TPSA) is 76.7 Å². The third-order valence-corrected chi connectivity index (χ3v) is 1.72. The molecule has 0 aliphatic rings. The van der Waals surface area contributed by atoms with E-state index in [9.17, 15) is 0 Å². The van der Waals surface area contributed by atoms with Gasteiger partial charge in [0, 0.05) is 11.7 Å². The van der Waals surface area contributed by atoms with Crippen LogP contribution >= 0.6 is 0 Å². The Morgan fingerprint density at radius 1 is 1.31 bits per heavy atom. The highest BCUT2D eigenvalue weighted by molar-refractivity contribution is 5.48. The Hall–Kier alpha value is -1.98. The summed E-state index contributed by atoms with van der Waals surface area (Å²) in [6.45, 7) is 6.05. The summed E-state index contributed by atoms with van der Waals surface area (Å²) in [4.78, 5) is 12.0. The minimum atomic E-state index is -0.116. The van der Waals surface area contributed by atoms with Crippen LogP contribution in [0.15, 0.2) is 23.1 Å². The SMILES string of the molecule is CC(C)(C)Nc1nc(-c2ccncn2)no1. The first kappa shape index (κ1) is 10.5. The van der Waals surface area contributed by atoms with Crippen molar-refractivity contribution in [3.63, 3.8) is 0 Å². The van der Waals surface area contributed by atoms with Gasteiger partial charge >= 0.3 is 6.01 Å². The average molecular weight is 219 g/mol. The van der Waals surface area contributed by atoms with Crippen LogP contribution in [0.25, 0.3) is 11.5 Å². The maximum absolute atomic E-state index is 5.06. The van der Waals surface area contributed by atoms with Crippen molar-refractivity contribution < 1.29 is 4.52 Å². The van der Waals surface area contributed by atoms with Crippen LogP contribution in [-0.4, -0.2) is 25.6 Å². The molecule has 0 aliphatic heterocycles. The van der Waals surface area contributed by atoms with Crippen LogP contribution in [0.1, 0.15) is 20.8 Å². The molecule has 2 aromatic heterocycles. The molecule has 0 aromatic carbocycles. The van der Waals surface area contributed by atoms with Crippen molar-refractivity contribution in [2.45, 2.75) is 26.3 Å². The maximum Gasteiger partial charge on any atom is 0.322 e. The highest BCUT2D eigenvalue weighted by Crippen LogP contribution is 2.16. The molecule has 0 bridgehead atoms. The number of anilines is 1. The van der Waals surface area contributed by atoms with Crippen molar-refractivity contribution in [2.75, 3.05) is 5.32 Å². The number of hydrogen-bond donors (Lipinski definition) is 1. The fourth-order valence-corrected chi connectivity index (χ4v) is 1.12. The second-order valence-corrected chi connectivity index (χ2v) is 4.39. The molecular weight excluding hydrogens is 206 g/mol. The van der Waals surface area contributed by atoms with Gasteiger partial charge in [0.05, 0.1) is 0 Å². The van der Waals surface area contributed by atoms with Crippen LogP contribution in [0.2, 0.25) is 0 Å². The standard InChI is InChI=1S/C10H13N5O/c1-10(2,3)14-9-13-8(15-16-9)7-4-5-11-6-12-7/h4-6H,1-3H3,(H,13,14,15). The molecule has 1 N–H and O–H groups in total. The Bertz CT molecular complexity index is 460. The van der Waals surface area contributed by atoms with Crippen molar-refractivity contribution in [3.8, 4) is 11.5 Å². The van der Waals surface area contributed by atoms with Gasteiger partial charge in [-0.1, -0.05) is 5.16 Å². The van der Waals surface area contributed by atoms with E-state index in [1.807, 2.05) is 20.8 Å². The molecule has 2 heterocycles. The molecule has 0 amide bonds. The monoisotopic (exact) mass is 219 g/mol. The average Bonchev–Trinajstić information content (AvgIpc) is 2.65. The Balaban J connectivity index is 2.21. The normalized spacial score (nSPS) is 11.4. The molecule has 16 heavy (non-hydrogen) atoms. The van der Waals surface area contributed by atoms with Gasteiger partial charge < -0.3 is 9.84 Å². The van der Waals surface area contributed by atoms with Gasteiger partial charge in [0.25, 0.3) is 0 Å². The zero-order chi connectivity index (χ0) is 11.6. The lowest BCUT2D eigenvalue weighted by Gasteiger charge is -2.17. The smallest absolute Gasteiger partial charge is 0.322 e. The summed E-state index contributed by atoms with van der Waals surface area (Å²) in [5.41, 5.74) is 0.524. The molecule has 2 aromatic rings. The van der Waals surface area contributed by atoms with Gasteiger partial charge in [-0.2, -0.15) is 4.98 Å². The first-order valence-corrected chi connectivity index (χ1v) is 4.93. The van der Waals surface area contributed by atoms with Crippen molar-refractivity contribution in [1.29, 1.82) is 0 Å². The lowest BCUT2D eigenvalue weighted by atomic mass is 10.1. The summed E-state index contributed by atoms with van der Waals surface area (Å²) in [6, 6.07) is 2.12. The zero-order valence-electron chi connectivity index (χ0n) is 9.43. The summed E-state index contributed by atoms with van der Waals surface area (Å²) in [5.74, 6) is 0.453. The molecule has 0 radical (unpaired) electrons. The molecule has 84 valence electrons. The first-order chi connectivity index (χ1) is 7.54. The molecule has 6 heteroatoms. The third kappa shape index (κ3) is 2.53. The van der Waals surface area contributed by atoms with E-state index >= 15 is 0 Å². The molecule has 2 rings (SSSR count). The Morgan fingerprint density at radius 3 is 2.75 bits per heavy atom. The quantitative estimate of drug-likeness (QED) is 0.828. The van der Waals surface area contributed by atoms with Gasteiger partial charge in [0.15, 0.2) is 0 Å². The van der Waals surface area contributed by atoms with Crippen LogP contribution < -0.4 is 5.32 Å². The minimum Gasteiger partial charge on any atom is -0.333 e. The van der Waals surface area contributed by atoms with E-state index in [0.29, 0.717) is 17.5 Å². The first-order valence-electron chi connectivity index (χ1n) is 4.93. The van der Waals surface area contributed by atoms with Crippen molar-refractivity contribution in [2.24, 2.45) is 0 Å². The summed E-state index contributed by atoms with van der Waals surface area (Å²) >= 11 is 0. The van der Waals surface area contributed by atoms with Gasteiger partial charge in [0.1, 0.15) is 12.0 Å². The summed E-state index contributed by atoms with van der Waals surface area (Å²) in [5, 5.41) is 6.92. The molecule has 0 spiro atoms. The lowest BCUT2D eigenvalue weighted by molar-refractivity contribution is 0.420. The van der Waals surface area contributed by atoms with E-state index in [1.165, 1.54) is 6.33 Å². The highest BCUT2D eigenvalue weighted by atomic mass is 16.5. The summed E-state index contributed by atoms with van der Waals surface area (Å²) in [7, 11) is 0. The van der Waals surface area contributed by atoms with Crippen LogP contribution in [-0.2, 0) is 0 Å². The van der Waals surface area contributed by atoms with Gasteiger partial charge in [-0.25, -0.2) is 9.97 Å². The number of aromatic nitrogens is 4. The summed E-state index contributed by atoms with van der Waals surface area (Å²) < 4.78 is 5.06. The van der Waals surface area contributed by atoms with Crippen LogP contribution in [0, 0.1) is 0 Å². The molecular formula is C10H13N5O. The van der Waals surface area contributed by atoms with Gasteiger partial charge in [-0.15, -0.1) is 0 Å². The fraction of sp³-hybridized carbons (Fsp3) is 0.400. The second kappa shape index (κ2) is 3.88. The van der Waals surface area contributed by atoms with Gasteiger partial charge in [0.2, 0.25) is 5.82 Å². The van der Waals surface area contributed by atoms with E-state index in [0.717, 1.165) is 0 Å². The molecule has 6 nitrogen and oxygen atoms in total. The zero-order valence-corrected chi connectivity index (χ0v) is 9.43. The number of nitrogens with one attached hydrogen (secondary N) is 1. The Kier molecular flexibility index (Phi) is 2.55. The Labute approximate surface area is 93.1 Å². The van der Waals surface area contributed by atoms with Crippen molar-refractivity contribution >= 4 is 6.01 Å². The molecule has 0 atom stereocenters.